The number of hydrogen-bond acceptors (Lipinski definition) is 4. The van der Waals surface area contributed by atoms with Crippen molar-refractivity contribution < 1.29 is 4.79 Å². The molecule has 0 atom stereocenters. The second-order valence-corrected chi connectivity index (χ2v) is 7.01. The molecular weight excluding hydrogens is 344 g/mol. The van der Waals surface area contributed by atoms with Gasteiger partial charge in [0.15, 0.2) is 11.5 Å². The first kappa shape index (κ1) is 16.4. The molecule has 1 aromatic carbocycles. The molecule has 2 rings (SSSR count). The van der Waals surface area contributed by atoms with Crippen LogP contribution < -0.4 is 10.6 Å². The van der Waals surface area contributed by atoms with Gasteiger partial charge in [0.25, 0.3) is 5.91 Å². The summed E-state index contributed by atoms with van der Waals surface area (Å²) >= 11 is 3.43. The first-order chi connectivity index (χ1) is 10.2. The number of carbonyl (C=O) groups excluding carboxylic acids is 1. The van der Waals surface area contributed by atoms with Crippen LogP contribution in [-0.4, -0.2) is 21.6 Å². The van der Waals surface area contributed by atoms with Gasteiger partial charge in [-0.15, -0.1) is 10.2 Å². The second kappa shape index (κ2) is 6.44. The van der Waals surface area contributed by atoms with Crippen molar-refractivity contribution in [2.45, 2.75) is 33.2 Å². The van der Waals surface area contributed by atoms with E-state index in [1.807, 2.05) is 45.9 Å². The molecule has 0 bridgehead atoms. The molecule has 22 heavy (non-hydrogen) atoms. The zero-order chi connectivity index (χ0) is 16.3. The zero-order valence-corrected chi connectivity index (χ0v) is 14.7. The number of nitrogens with zero attached hydrogens (tertiary/aromatic N) is 2. The van der Waals surface area contributed by atoms with E-state index in [-0.39, 0.29) is 11.4 Å². The van der Waals surface area contributed by atoms with E-state index in [0.29, 0.717) is 11.5 Å². The SMILES string of the molecule is Cc1cc(Br)ccc1Nc1ccc(C(=O)NC(C)(C)C)nn1. The van der Waals surface area contributed by atoms with Crippen LogP contribution in [0.25, 0.3) is 0 Å². The molecule has 0 aliphatic carbocycles. The Kier molecular flexibility index (Phi) is 4.81. The van der Waals surface area contributed by atoms with Crippen LogP contribution in [0.15, 0.2) is 34.8 Å². The summed E-state index contributed by atoms with van der Waals surface area (Å²) in [6.07, 6.45) is 0. The van der Waals surface area contributed by atoms with E-state index in [1.165, 1.54) is 0 Å². The van der Waals surface area contributed by atoms with Crippen molar-refractivity contribution in [3.05, 3.63) is 46.1 Å². The lowest BCUT2D eigenvalue weighted by molar-refractivity contribution is 0.0913. The second-order valence-electron chi connectivity index (χ2n) is 6.09. The maximum Gasteiger partial charge on any atom is 0.272 e. The number of anilines is 2. The Hall–Kier alpha value is -1.95. The quantitative estimate of drug-likeness (QED) is 0.870. The highest BCUT2D eigenvalue weighted by Gasteiger charge is 2.16. The Bertz CT molecular complexity index is 678. The molecule has 6 heteroatoms. The van der Waals surface area contributed by atoms with Crippen molar-refractivity contribution in [2.24, 2.45) is 0 Å². The minimum absolute atomic E-state index is 0.230. The van der Waals surface area contributed by atoms with Gasteiger partial charge in [0.05, 0.1) is 0 Å². The molecule has 0 saturated heterocycles. The summed E-state index contributed by atoms with van der Waals surface area (Å²) in [4.78, 5) is 12.0. The van der Waals surface area contributed by atoms with Gasteiger partial charge in [0.1, 0.15) is 0 Å². The predicted molar refractivity (Wildman–Crippen MR) is 91.4 cm³/mol. The molecule has 1 amide bonds. The van der Waals surface area contributed by atoms with E-state index >= 15 is 0 Å². The molecule has 0 unspecified atom stereocenters. The zero-order valence-electron chi connectivity index (χ0n) is 13.1. The lowest BCUT2D eigenvalue weighted by Crippen LogP contribution is -2.41. The van der Waals surface area contributed by atoms with E-state index in [1.54, 1.807) is 12.1 Å². The van der Waals surface area contributed by atoms with Gasteiger partial charge in [-0.25, -0.2) is 0 Å². The van der Waals surface area contributed by atoms with Crippen LogP contribution in [0.1, 0.15) is 36.8 Å². The van der Waals surface area contributed by atoms with Crippen molar-refractivity contribution in [1.82, 2.24) is 15.5 Å². The minimum Gasteiger partial charge on any atom is -0.346 e. The molecule has 2 aromatic rings. The first-order valence-corrected chi connectivity index (χ1v) is 7.73. The number of nitrogens with one attached hydrogen (secondary N) is 2. The fourth-order valence-electron chi connectivity index (χ4n) is 1.83. The molecule has 1 heterocycles. The number of aromatic nitrogens is 2. The average molecular weight is 363 g/mol. The summed E-state index contributed by atoms with van der Waals surface area (Å²) in [7, 11) is 0. The third kappa shape index (κ3) is 4.53. The van der Waals surface area contributed by atoms with Crippen molar-refractivity contribution in [3.8, 4) is 0 Å². The van der Waals surface area contributed by atoms with Gasteiger partial charge in [0, 0.05) is 15.7 Å². The van der Waals surface area contributed by atoms with Crippen molar-refractivity contribution in [2.75, 3.05) is 5.32 Å². The fraction of sp³-hybridized carbons (Fsp3) is 0.312. The van der Waals surface area contributed by atoms with Gasteiger partial charge in [-0.05, 0) is 63.6 Å². The average Bonchev–Trinajstić information content (AvgIpc) is 2.41. The summed E-state index contributed by atoms with van der Waals surface area (Å²) < 4.78 is 1.02. The highest BCUT2D eigenvalue weighted by Crippen LogP contribution is 2.22. The van der Waals surface area contributed by atoms with Gasteiger partial charge >= 0.3 is 0 Å². The number of benzene rings is 1. The number of aryl methyl sites for hydroxylation is 1. The Morgan fingerprint density at radius 1 is 1.14 bits per heavy atom. The van der Waals surface area contributed by atoms with Crippen LogP contribution in [0, 0.1) is 6.92 Å². The van der Waals surface area contributed by atoms with E-state index in [4.69, 9.17) is 0 Å². The molecule has 0 saturated carbocycles. The summed E-state index contributed by atoms with van der Waals surface area (Å²) in [5, 5.41) is 14.1. The smallest absolute Gasteiger partial charge is 0.272 e. The van der Waals surface area contributed by atoms with Crippen LogP contribution in [0.5, 0.6) is 0 Å². The molecule has 0 aliphatic rings. The highest BCUT2D eigenvalue weighted by atomic mass is 79.9. The summed E-state index contributed by atoms with van der Waals surface area (Å²) in [6, 6.07) is 9.33. The normalized spacial score (nSPS) is 11.1. The molecule has 2 N–H and O–H groups in total. The maximum absolute atomic E-state index is 12.0. The minimum atomic E-state index is -0.301. The summed E-state index contributed by atoms with van der Waals surface area (Å²) in [5.74, 6) is 0.365. The van der Waals surface area contributed by atoms with Gasteiger partial charge in [0.2, 0.25) is 0 Å². The topological polar surface area (TPSA) is 66.9 Å². The number of amides is 1. The van der Waals surface area contributed by atoms with Crippen LogP contribution in [0.4, 0.5) is 11.5 Å². The van der Waals surface area contributed by atoms with Crippen LogP contribution in [0.3, 0.4) is 0 Å². The van der Waals surface area contributed by atoms with Gasteiger partial charge < -0.3 is 10.6 Å². The number of carbonyl (C=O) groups is 1. The third-order valence-electron chi connectivity index (χ3n) is 2.84. The largest absolute Gasteiger partial charge is 0.346 e. The van der Waals surface area contributed by atoms with E-state index < -0.39 is 0 Å². The molecule has 1 aromatic heterocycles. The van der Waals surface area contributed by atoms with Crippen molar-refractivity contribution in [1.29, 1.82) is 0 Å². The molecule has 0 spiro atoms. The molecule has 5 nitrogen and oxygen atoms in total. The van der Waals surface area contributed by atoms with E-state index in [9.17, 15) is 4.79 Å². The Morgan fingerprint density at radius 3 is 2.41 bits per heavy atom. The Balaban J connectivity index is 2.10. The van der Waals surface area contributed by atoms with E-state index in [0.717, 1.165) is 15.7 Å². The maximum atomic E-state index is 12.0. The number of rotatable bonds is 3. The van der Waals surface area contributed by atoms with Crippen LogP contribution >= 0.6 is 15.9 Å². The summed E-state index contributed by atoms with van der Waals surface area (Å²) in [6.45, 7) is 7.77. The van der Waals surface area contributed by atoms with Gasteiger partial charge in [-0.2, -0.15) is 0 Å². The van der Waals surface area contributed by atoms with Crippen LogP contribution in [0.2, 0.25) is 0 Å². The van der Waals surface area contributed by atoms with Crippen molar-refractivity contribution in [3.63, 3.8) is 0 Å². The Morgan fingerprint density at radius 2 is 1.86 bits per heavy atom. The first-order valence-electron chi connectivity index (χ1n) is 6.94. The van der Waals surface area contributed by atoms with E-state index in [2.05, 4.69) is 36.8 Å². The highest BCUT2D eigenvalue weighted by molar-refractivity contribution is 9.10. The molecule has 0 radical (unpaired) electrons. The fourth-order valence-corrected chi connectivity index (χ4v) is 2.31. The number of halogens is 1. The Labute approximate surface area is 138 Å². The van der Waals surface area contributed by atoms with Crippen molar-refractivity contribution >= 4 is 33.3 Å². The molecule has 0 fully saturated rings. The summed E-state index contributed by atoms with van der Waals surface area (Å²) in [5.41, 5.74) is 2.03. The van der Waals surface area contributed by atoms with Crippen LogP contribution in [-0.2, 0) is 0 Å². The number of hydrogen-bond donors (Lipinski definition) is 2. The molecule has 0 aliphatic heterocycles. The monoisotopic (exact) mass is 362 g/mol. The lowest BCUT2D eigenvalue weighted by Gasteiger charge is -2.19. The standard InChI is InChI=1S/C16H19BrN4O/c1-10-9-11(17)5-6-12(10)18-14-8-7-13(20-21-14)15(22)19-16(2,3)4/h5-9H,1-4H3,(H,18,21)(H,19,22). The van der Waals surface area contributed by atoms with Gasteiger partial charge in [-0.3, -0.25) is 4.79 Å². The third-order valence-corrected chi connectivity index (χ3v) is 3.33. The predicted octanol–water partition coefficient (Wildman–Crippen LogP) is 3.82. The molecular formula is C16H19BrN4O. The van der Waals surface area contributed by atoms with Gasteiger partial charge in [-0.1, -0.05) is 15.9 Å². The lowest BCUT2D eigenvalue weighted by atomic mass is 10.1. The molecule has 116 valence electrons.